The van der Waals surface area contributed by atoms with E-state index in [1.54, 1.807) is 13.0 Å². The molecule has 0 amide bonds. The van der Waals surface area contributed by atoms with Gasteiger partial charge in [-0.3, -0.25) is 10.1 Å². The van der Waals surface area contributed by atoms with E-state index in [2.05, 4.69) is 41.0 Å². The number of nitrogens with zero attached hydrogens (tertiary/aromatic N) is 4. The van der Waals surface area contributed by atoms with Gasteiger partial charge in [0.25, 0.3) is 5.69 Å². The molecule has 7 heteroatoms. The van der Waals surface area contributed by atoms with Crippen molar-refractivity contribution in [2.45, 2.75) is 32.7 Å². The number of aromatic nitrogens is 1. The van der Waals surface area contributed by atoms with Crippen LogP contribution in [-0.2, 0) is 0 Å². The van der Waals surface area contributed by atoms with E-state index in [0.29, 0.717) is 11.5 Å². The molecule has 1 N–H and O–H groups in total. The molecule has 2 heterocycles. The van der Waals surface area contributed by atoms with Crippen LogP contribution in [0.5, 0.6) is 0 Å². The molecule has 128 valence electrons. The minimum atomic E-state index is -0.398. The fourth-order valence-corrected chi connectivity index (χ4v) is 2.73. The highest BCUT2D eigenvalue weighted by molar-refractivity contribution is 5.46. The van der Waals surface area contributed by atoms with Gasteiger partial charge in [0.1, 0.15) is 11.5 Å². The first kappa shape index (κ1) is 17.6. The summed E-state index contributed by atoms with van der Waals surface area (Å²) in [7, 11) is 2.16. The van der Waals surface area contributed by atoms with Crippen LogP contribution in [0.15, 0.2) is 12.1 Å². The molecule has 2 rings (SSSR count). The van der Waals surface area contributed by atoms with Crippen molar-refractivity contribution in [2.24, 2.45) is 0 Å². The first-order valence-electron chi connectivity index (χ1n) is 8.08. The average Bonchev–Trinajstić information content (AvgIpc) is 2.46. The van der Waals surface area contributed by atoms with Crippen molar-refractivity contribution in [2.75, 3.05) is 45.1 Å². The minimum Gasteiger partial charge on any atom is -0.365 e. The third-order valence-electron chi connectivity index (χ3n) is 4.37. The molecule has 7 nitrogen and oxygen atoms in total. The lowest BCUT2D eigenvalue weighted by Gasteiger charge is -2.35. The van der Waals surface area contributed by atoms with E-state index in [1.807, 2.05) is 0 Å². The summed E-state index contributed by atoms with van der Waals surface area (Å²) in [4.78, 5) is 19.6. The van der Waals surface area contributed by atoms with Gasteiger partial charge < -0.3 is 15.1 Å². The van der Waals surface area contributed by atoms with Crippen LogP contribution in [0.3, 0.4) is 0 Å². The molecule has 0 aromatic carbocycles. The van der Waals surface area contributed by atoms with Gasteiger partial charge in [-0.2, -0.15) is 0 Å². The zero-order chi connectivity index (χ0) is 17.0. The summed E-state index contributed by atoms with van der Waals surface area (Å²) in [5, 5.41) is 14.3. The minimum absolute atomic E-state index is 0.0609. The number of likely N-dealkylation sites (N-methyl/N-ethyl adjacent to an activating group) is 1. The van der Waals surface area contributed by atoms with E-state index < -0.39 is 4.92 Å². The third kappa shape index (κ3) is 5.14. The first-order chi connectivity index (χ1) is 10.8. The van der Waals surface area contributed by atoms with Crippen molar-refractivity contribution < 1.29 is 4.92 Å². The maximum absolute atomic E-state index is 10.9. The van der Waals surface area contributed by atoms with E-state index >= 15 is 0 Å². The zero-order valence-corrected chi connectivity index (χ0v) is 14.5. The molecular weight excluding hydrogens is 294 g/mol. The Bertz CT molecular complexity index is 553. The topological polar surface area (TPSA) is 74.5 Å². The largest absolute Gasteiger partial charge is 0.365 e. The number of nitro groups is 1. The van der Waals surface area contributed by atoms with Crippen LogP contribution in [0.2, 0.25) is 0 Å². The van der Waals surface area contributed by atoms with Crippen molar-refractivity contribution in [3.63, 3.8) is 0 Å². The van der Waals surface area contributed by atoms with Gasteiger partial charge >= 0.3 is 0 Å². The normalized spacial score (nSPS) is 17.2. The molecular formula is C16H27N5O2. The van der Waals surface area contributed by atoms with E-state index in [9.17, 15) is 10.1 Å². The number of hydrogen-bond donors (Lipinski definition) is 1. The highest BCUT2D eigenvalue weighted by Crippen LogP contribution is 2.22. The van der Waals surface area contributed by atoms with Gasteiger partial charge in [0.05, 0.1) is 4.92 Å². The number of nitrogens with one attached hydrogen (secondary N) is 1. The Labute approximate surface area is 137 Å². The summed E-state index contributed by atoms with van der Waals surface area (Å²) in [6.07, 6.45) is 0.994. The van der Waals surface area contributed by atoms with Crippen molar-refractivity contribution in [1.29, 1.82) is 0 Å². The van der Waals surface area contributed by atoms with Crippen LogP contribution in [0.4, 0.5) is 11.5 Å². The van der Waals surface area contributed by atoms with Crippen LogP contribution < -0.4 is 5.32 Å². The molecule has 0 bridgehead atoms. The lowest BCUT2D eigenvalue weighted by molar-refractivity contribution is -0.385. The number of piperazine rings is 1. The van der Waals surface area contributed by atoms with E-state index in [0.717, 1.165) is 39.1 Å². The Balaban J connectivity index is 1.90. The predicted molar refractivity (Wildman–Crippen MR) is 91.9 cm³/mol. The van der Waals surface area contributed by atoms with E-state index in [1.165, 1.54) is 6.07 Å². The van der Waals surface area contributed by atoms with Crippen molar-refractivity contribution in [3.05, 3.63) is 27.9 Å². The Kier molecular flexibility index (Phi) is 5.54. The summed E-state index contributed by atoms with van der Waals surface area (Å²) in [5.74, 6) is 0.691. The maximum atomic E-state index is 10.9. The molecule has 0 radical (unpaired) electrons. The SMILES string of the molecule is Cc1nc(NC(C)(C)CCN2CCN(C)CC2)ccc1[N+](=O)[O-]. The van der Waals surface area contributed by atoms with Crippen LogP contribution in [-0.4, -0.2) is 65.0 Å². The fraction of sp³-hybridized carbons (Fsp3) is 0.688. The highest BCUT2D eigenvalue weighted by Gasteiger charge is 2.22. The Morgan fingerprint density at radius 3 is 2.52 bits per heavy atom. The predicted octanol–water partition coefficient (Wildman–Crippen LogP) is 2.13. The van der Waals surface area contributed by atoms with Crippen LogP contribution in [0, 0.1) is 17.0 Å². The molecule has 23 heavy (non-hydrogen) atoms. The number of aryl methyl sites for hydroxylation is 1. The van der Waals surface area contributed by atoms with Crippen LogP contribution >= 0.6 is 0 Å². The monoisotopic (exact) mass is 321 g/mol. The van der Waals surface area contributed by atoms with Gasteiger partial charge in [-0.15, -0.1) is 0 Å². The third-order valence-corrected chi connectivity index (χ3v) is 4.37. The summed E-state index contributed by atoms with van der Waals surface area (Å²) < 4.78 is 0. The smallest absolute Gasteiger partial charge is 0.290 e. The highest BCUT2D eigenvalue weighted by atomic mass is 16.6. The molecule has 0 unspecified atom stereocenters. The number of hydrogen-bond acceptors (Lipinski definition) is 6. The van der Waals surface area contributed by atoms with Gasteiger partial charge in [0, 0.05) is 44.3 Å². The van der Waals surface area contributed by atoms with Gasteiger partial charge in [0.15, 0.2) is 0 Å². The second kappa shape index (κ2) is 7.23. The molecule has 1 aromatic heterocycles. The summed E-state index contributed by atoms with van der Waals surface area (Å²) in [6.45, 7) is 11.5. The molecule has 1 aromatic rings. The van der Waals surface area contributed by atoms with Crippen LogP contribution in [0.25, 0.3) is 0 Å². The van der Waals surface area contributed by atoms with Crippen LogP contribution in [0.1, 0.15) is 26.0 Å². The van der Waals surface area contributed by atoms with Gasteiger partial charge in [-0.1, -0.05) is 0 Å². The number of pyridine rings is 1. The van der Waals surface area contributed by atoms with E-state index in [-0.39, 0.29) is 11.2 Å². The van der Waals surface area contributed by atoms with Crippen molar-refractivity contribution >= 4 is 11.5 Å². The Morgan fingerprint density at radius 2 is 1.96 bits per heavy atom. The van der Waals surface area contributed by atoms with Gasteiger partial charge in [-0.25, -0.2) is 4.98 Å². The average molecular weight is 321 g/mol. The molecule has 0 atom stereocenters. The second-order valence-electron chi connectivity index (χ2n) is 6.96. The molecule has 1 aliphatic heterocycles. The van der Waals surface area contributed by atoms with Gasteiger partial charge in [0.2, 0.25) is 0 Å². The summed E-state index contributed by atoms with van der Waals surface area (Å²) in [5.41, 5.74) is 0.388. The number of anilines is 1. The molecule has 0 spiro atoms. The zero-order valence-electron chi connectivity index (χ0n) is 14.5. The molecule has 1 aliphatic rings. The lowest BCUT2D eigenvalue weighted by atomic mass is 10.00. The number of rotatable bonds is 6. The molecule has 0 saturated carbocycles. The summed E-state index contributed by atoms with van der Waals surface area (Å²) in [6, 6.07) is 3.20. The van der Waals surface area contributed by atoms with Gasteiger partial charge in [-0.05, 0) is 40.3 Å². The van der Waals surface area contributed by atoms with Crippen molar-refractivity contribution in [1.82, 2.24) is 14.8 Å². The molecule has 1 saturated heterocycles. The van der Waals surface area contributed by atoms with Crippen molar-refractivity contribution in [3.8, 4) is 0 Å². The lowest BCUT2D eigenvalue weighted by Crippen LogP contribution is -2.46. The van der Waals surface area contributed by atoms with E-state index in [4.69, 9.17) is 0 Å². The Hall–Kier alpha value is -1.73. The Morgan fingerprint density at radius 1 is 1.30 bits per heavy atom. The quantitative estimate of drug-likeness (QED) is 0.639. The first-order valence-corrected chi connectivity index (χ1v) is 8.08. The standard InChI is InChI=1S/C16H27N5O2/c1-13-14(21(22)23)5-6-15(17-13)18-16(2,3)7-8-20-11-9-19(4)10-12-20/h5-6H,7-12H2,1-4H3,(H,17,18). The second-order valence-corrected chi connectivity index (χ2v) is 6.96. The molecule has 0 aliphatic carbocycles. The fourth-order valence-electron chi connectivity index (χ4n) is 2.73. The molecule has 1 fully saturated rings. The summed E-state index contributed by atoms with van der Waals surface area (Å²) >= 11 is 0. The maximum Gasteiger partial charge on any atom is 0.290 e.